The molecule has 11 heteroatoms. The zero-order valence-electron chi connectivity index (χ0n) is 28.2. The van der Waals surface area contributed by atoms with E-state index >= 15 is 0 Å². The molecule has 3 atom stereocenters. The molecule has 0 aliphatic heterocycles. The van der Waals surface area contributed by atoms with Crippen molar-refractivity contribution in [1.82, 2.24) is 10.3 Å². The van der Waals surface area contributed by atoms with Gasteiger partial charge >= 0.3 is 12.1 Å². The third-order valence-corrected chi connectivity index (χ3v) is 7.65. The topological polar surface area (TPSA) is 134 Å². The molecule has 0 bridgehead atoms. The van der Waals surface area contributed by atoms with Crippen molar-refractivity contribution in [3.05, 3.63) is 96.7 Å². The van der Waals surface area contributed by atoms with Crippen LogP contribution in [0.2, 0.25) is 0 Å². The number of esters is 1. The Labute approximate surface area is 285 Å². The summed E-state index contributed by atoms with van der Waals surface area (Å²) in [6.45, 7) is 7.29. The van der Waals surface area contributed by atoms with E-state index in [1.54, 1.807) is 81.6 Å². The number of carbonyl (C=O) groups is 3. The van der Waals surface area contributed by atoms with E-state index in [0.29, 0.717) is 45.2 Å². The van der Waals surface area contributed by atoms with Crippen LogP contribution in [-0.4, -0.2) is 54.4 Å². The number of pyridine rings is 1. The maximum absolute atomic E-state index is 13.1. The Bertz CT molecular complexity index is 1800. The summed E-state index contributed by atoms with van der Waals surface area (Å²) in [4.78, 5) is 42.7. The first-order valence-electron chi connectivity index (χ1n) is 16.1. The number of aromatic nitrogens is 1. The Hall–Kier alpha value is -5.58. The van der Waals surface area contributed by atoms with Crippen molar-refractivity contribution >= 4 is 34.6 Å². The van der Waals surface area contributed by atoms with Gasteiger partial charge in [-0.2, -0.15) is 0 Å². The van der Waals surface area contributed by atoms with E-state index < -0.39 is 23.7 Å². The Morgan fingerprint density at radius 1 is 0.959 bits per heavy atom. The highest BCUT2D eigenvalue weighted by Crippen LogP contribution is 2.37. The summed E-state index contributed by atoms with van der Waals surface area (Å²) >= 11 is 0. The number of allylic oxidation sites excluding steroid dienone is 1. The van der Waals surface area contributed by atoms with Crippen molar-refractivity contribution in [3.8, 4) is 23.0 Å². The maximum atomic E-state index is 13.1. The van der Waals surface area contributed by atoms with E-state index in [4.69, 9.17) is 23.7 Å². The van der Waals surface area contributed by atoms with Gasteiger partial charge in [0.15, 0.2) is 11.5 Å². The van der Waals surface area contributed by atoms with Crippen LogP contribution in [0.3, 0.4) is 0 Å². The minimum Gasteiger partial charge on any atom is -0.493 e. The lowest BCUT2D eigenvalue weighted by Crippen LogP contribution is -2.46. The number of nitrogens with zero attached hydrogens (tertiary/aromatic N) is 1. The summed E-state index contributed by atoms with van der Waals surface area (Å²) in [6.07, 6.45) is 5.29. The SMILES string of the molecule is COc1cc2c(Oc3ccc(NC(=O)c4ccccc4)cc3)ccnc2cc1OCC[C@H](NC(=O)OC(C)(C)C)C(=O)OC1C=CCC1C. The van der Waals surface area contributed by atoms with Gasteiger partial charge in [0.25, 0.3) is 5.91 Å². The second-order valence-corrected chi connectivity index (χ2v) is 12.7. The summed E-state index contributed by atoms with van der Waals surface area (Å²) < 4.78 is 29.0. The summed E-state index contributed by atoms with van der Waals surface area (Å²) in [5.74, 6) is 1.29. The van der Waals surface area contributed by atoms with Gasteiger partial charge < -0.3 is 34.3 Å². The van der Waals surface area contributed by atoms with Crippen LogP contribution < -0.4 is 24.8 Å². The number of anilines is 1. The van der Waals surface area contributed by atoms with Gasteiger partial charge in [0.05, 0.1) is 19.2 Å². The Balaban J connectivity index is 1.26. The Morgan fingerprint density at radius 3 is 2.39 bits per heavy atom. The van der Waals surface area contributed by atoms with E-state index in [2.05, 4.69) is 15.6 Å². The smallest absolute Gasteiger partial charge is 0.408 e. The highest BCUT2D eigenvalue weighted by molar-refractivity contribution is 6.04. The molecule has 1 aliphatic carbocycles. The van der Waals surface area contributed by atoms with Gasteiger partial charge in [0.2, 0.25) is 0 Å². The molecule has 49 heavy (non-hydrogen) atoms. The van der Waals surface area contributed by atoms with Crippen LogP contribution in [0, 0.1) is 5.92 Å². The summed E-state index contributed by atoms with van der Waals surface area (Å²) in [6, 6.07) is 20.3. The van der Waals surface area contributed by atoms with Gasteiger partial charge in [-0.1, -0.05) is 31.2 Å². The fourth-order valence-corrected chi connectivity index (χ4v) is 5.12. The van der Waals surface area contributed by atoms with Crippen LogP contribution in [0.5, 0.6) is 23.0 Å². The van der Waals surface area contributed by atoms with E-state index in [-0.39, 0.29) is 31.0 Å². The first kappa shape index (κ1) is 34.7. The minimum absolute atomic E-state index is 0.0524. The molecule has 2 amide bonds. The van der Waals surface area contributed by atoms with Gasteiger partial charge in [0.1, 0.15) is 29.2 Å². The molecule has 0 saturated heterocycles. The predicted octanol–water partition coefficient (Wildman–Crippen LogP) is 7.46. The number of nitrogens with one attached hydrogen (secondary N) is 2. The molecule has 1 aliphatic rings. The van der Waals surface area contributed by atoms with E-state index in [1.165, 1.54) is 7.11 Å². The molecule has 11 nitrogen and oxygen atoms in total. The monoisotopic (exact) mass is 667 g/mol. The molecule has 0 radical (unpaired) electrons. The van der Waals surface area contributed by atoms with Crippen LogP contribution in [0.25, 0.3) is 10.9 Å². The predicted molar refractivity (Wildman–Crippen MR) is 185 cm³/mol. The van der Waals surface area contributed by atoms with E-state index in [0.717, 1.165) is 6.42 Å². The number of fused-ring (bicyclic) bond motifs is 1. The number of alkyl carbamates (subject to hydrolysis) is 1. The number of hydrogen-bond donors (Lipinski definition) is 2. The largest absolute Gasteiger partial charge is 0.493 e. The van der Waals surface area contributed by atoms with Crippen molar-refractivity contribution in [3.63, 3.8) is 0 Å². The molecule has 0 spiro atoms. The quantitative estimate of drug-likeness (QED) is 0.117. The van der Waals surface area contributed by atoms with Crippen LogP contribution in [0.1, 0.15) is 50.9 Å². The molecule has 1 heterocycles. The molecule has 2 unspecified atom stereocenters. The molecule has 2 N–H and O–H groups in total. The van der Waals surface area contributed by atoms with Crippen molar-refractivity contribution < 1.29 is 38.1 Å². The molecule has 5 rings (SSSR count). The van der Waals surface area contributed by atoms with Gasteiger partial charge in [-0.25, -0.2) is 9.59 Å². The van der Waals surface area contributed by atoms with Crippen molar-refractivity contribution in [2.45, 2.75) is 58.3 Å². The molecule has 256 valence electrons. The summed E-state index contributed by atoms with van der Waals surface area (Å²) in [5, 5.41) is 6.19. The third-order valence-electron chi connectivity index (χ3n) is 7.65. The molecule has 0 saturated carbocycles. The lowest BCUT2D eigenvalue weighted by molar-refractivity contribution is -0.151. The lowest BCUT2D eigenvalue weighted by atomic mass is 10.1. The second kappa shape index (κ2) is 15.5. The number of benzene rings is 3. The van der Waals surface area contributed by atoms with Crippen molar-refractivity contribution in [2.75, 3.05) is 19.0 Å². The lowest BCUT2D eigenvalue weighted by Gasteiger charge is -2.24. The molecule has 1 aromatic heterocycles. The number of methoxy groups -OCH3 is 1. The van der Waals surface area contributed by atoms with Crippen molar-refractivity contribution in [2.24, 2.45) is 5.92 Å². The summed E-state index contributed by atoms with van der Waals surface area (Å²) in [7, 11) is 1.52. The van der Waals surface area contributed by atoms with E-state index in [9.17, 15) is 14.4 Å². The van der Waals surface area contributed by atoms with Crippen LogP contribution >= 0.6 is 0 Å². The number of ether oxygens (including phenoxy) is 5. The van der Waals surface area contributed by atoms with Gasteiger partial charge in [-0.15, -0.1) is 0 Å². The number of hydrogen-bond acceptors (Lipinski definition) is 9. The average Bonchev–Trinajstić information content (AvgIpc) is 3.48. The van der Waals surface area contributed by atoms with Gasteiger partial charge in [-0.3, -0.25) is 9.78 Å². The Morgan fingerprint density at radius 2 is 1.71 bits per heavy atom. The van der Waals surface area contributed by atoms with Crippen LogP contribution in [0.4, 0.5) is 10.5 Å². The number of carbonyl (C=O) groups excluding carboxylic acids is 3. The van der Waals surface area contributed by atoms with Gasteiger partial charge in [0, 0.05) is 41.2 Å². The first-order valence-corrected chi connectivity index (χ1v) is 16.1. The van der Waals surface area contributed by atoms with Gasteiger partial charge in [-0.05, 0) is 81.8 Å². The van der Waals surface area contributed by atoms with Crippen LogP contribution in [0.15, 0.2) is 91.1 Å². The second-order valence-electron chi connectivity index (χ2n) is 12.7. The maximum Gasteiger partial charge on any atom is 0.408 e. The minimum atomic E-state index is -1.00. The van der Waals surface area contributed by atoms with Crippen LogP contribution in [-0.2, 0) is 14.3 Å². The zero-order valence-corrected chi connectivity index (χ0v) is 28.2. The third kappa shape index (κ3) is 9.50. The fourth-order valence-electron chi connectivity index (χ4n) is 5.12. The molecular weight excluding hydrogens is 626 g/mol. The van der Waals surface area contributed by atoms with E-state index in [1.807, 2.05) is 37.3 Å². The summed E-state index contributed by atoms with van der Waals surface area (Å²) in [5.41, 5.74) is 1.04. The number of rotatable bonds is 12. The molecular formula is C38H41N3O8. The fraction of sp³-hybridized carbons (Fsp3) is 0.316. The number of amides is 2. The normalized spacial score (nSPS) is 16.0. The Kier molecular flexibility index (Phi) is 11.0. The zero-order chi connectivity index (χ0) is 35.0. The highest BCUT2D eigenvalue weighted by atomic mass is 16.6. The standard InChI is InChI=1S/C38H41N3O8/c1-24-10-9-13-31(24)48-36(43)29(41-37(44)49-38(2,3)4)19-21-46-34-23-30-28(22-33(34)45-5)32(18-20-39-30)47-27-16-14-26(15-17-27)40-35(42)25-11-7-6-8-12-25/h6-9,11-18,20,22-24,29,31H,10,19,21H2,1-5H3,(H,40,42)(H,41,44)/t24?,29-,31?/m0/s1. The molecule has 3 aromatic carbocycles. The molecule has 4 aromatic rings. The van der Waals surface area contributed by atoms with Crippen molar-refractivity contribution in [1.29, 1.82) is 0 Å². The molecule has 0 fully saturated rings. The highest BCUT2D eigenvalue weighted by Gasteiger charge is 2.30. The first-order chi connectivity index (χ1) is 23.5. The average molecular weight is 668 g/mol.